The van der Waals surface area contributed by atoms with E-state index in [1.807, 2.05) is 4.90 Å². The number of amidine groups is 1. The summed E-state index contributed by atoms with van der Waals surface area (Å²) in [4.78, 5) is 1.95. The van der Waals surface area contributed by atoms with Crippen LogP contribution in [0.5, 0.6) is 0 Å². The van der Waals surface area contributed by atoms with Gasteiger partial charge in [-0.05, 0) is 19.8 Å². The second kappa shape index (κ2) is 3.01. The molecule has 0 atom stereocenters. The molecule has 3 heteroatoms. The van der Waals surface area contributed by atoms with E-state index in [9.17, 15) is 5.11 Å². The zero-order valence-corrected chi connectivity index (χ0v) is 6.26. The van der Waals surface area contributed by atoms with E-state index in [0.717, 1.165) is 13.1 Å². The molecule has 1 rings (SSSR count). The summed E-state index contributed by atoms with van der Waals surface area (Å²) < 4.78 is 0. The summed E-state index contributed by atoms with van der Waals surface area (Å²) in [5.74, 6) is 0.590. The van der Waals surface area contributed by atoms with Crippen molar-refractivity contribution < 1.29 is 5.11 Å². The molecule has 10 heavy (non-hydrogen) atoms. The van der Waals surface area contributed by atoms with Gasteiger partial charge in [0.2, 0.25) is 0 Å². The van der Waals surface area contributed by atoms with Gasteiger partial charge in [0.25, 0.3) is 0 Å². The predicted molar refractivity (Wildman–Crippen MR) is 38.7 cm³/mol. The van der Waals surface area contributed by atoms with Crippen LogP contribution in [0.25, 0.3) is 0 Å². The minimum atomic E-state index is -0.379. The molecular weight excluding hydrogens is 128 g/mol. The third kappa shape index (κ3) is 1.70. The van der Waals surface area contributed by atoms with E-state index in [2.05, 4.69) is 0 Å². The zero-order valence-electron chi connectivity index (χ0n) is 6.26. The van der Waals surface area contributed by atoms with Crippen LogP contribution in [-0.4, -0.2) is 29.9 Å². The van der Waals surface area contributed by atoms with E-state index >= 15 is 0 Å². The van der Waals surface area contributed by atoms with Crippen LogP contribution in [0, 0.1) is 5.41 Å². The van der Waals surface area contributed by atoms with E-state index in [-0.39, 0.29) is 6.10 Å². The number of hydrogen-bond donors (Lipinski definition) is 1. The lowest BCUT2D eigenvalue weighted by Crippen LogP contribution is -2.37. The molecular formula is C7H13N2O. The molecule has 3 nitrogen and oxygen atoms in total. The predicted octanol–water partition coefficient (Wildman–Crippen LogP) is 0.878. The van der Waals surface area contributed by atoms with E-state index in [0.29, 0.717) is 18.7 Å². The largest absolute Gasteiger partial charge is 0.361 e. The lowest BCUT2D eigenvalue weighted by atomic mass is 10.1. The van der Waals surface area contributed by atoms with Gasteiger partial charge in [0.1, 0.15) is 0 Å². The molecule has 1 N–H and O–H groups in total. The standard InChI is InChI=1S/C7H13N2O/c1-6(8)9-4-2-7(10)3-5-9/h7-8H,2-5H2,1H3. The minimum absolute atomic E-state index is 0.379. The van der Waals surface area contributed by atoms with Gasteiger partial charge in [-0.25, -0.2) is 5.11 Å². The summed E-state index contributed by atoms with van der Waals surface area (Å²) in [5.41, 5.74) is 0. The molecule has 0 amide bonds. The SMILES string of the molecule is CC(=N)N1CCC([O])CC1. The molecule has 1 radical (unpaired) electrons. The Morgan fingerprint density at radius 1 is 1.50 bits per heavy atom. The third-order valence-electron chi connectivity index (χ3n) is 1.92. The van der Waals surface area contributed by atoms with E-state index in [1.165, 1.54) is 0 Å². The number of nitrogens with zero attached hydrogens (tertiary/aromatic N) is 1. The number of likely N-dealkylation sites (tertiary alicyclic amines) is 1. The first-order valence-corrected chi connectivity index (χ1v) is 3.66. The van der Waals surface area contributed by atoms with Gasteiger partial charge in [0, 0.05) is 13.1 Å². The average Bonchev–Trinajstić information content (AvgIpc) is 1.88. The molecule has 1 aliphatic heterocycles. The first kappa shape index (κ1) is 7.54. The summed E-state index contributed by atoms with van der Waals surface area (Å²) >= 11 is 0. The van der Waals surface area contributed by atoms with Crippen molar-refractivity contribution in [2.24, 2.45) is 0 Å². The van der Waals surface area contributed by atoms with Crippen LogP contribution in [0.2, 0.25) is 0 Å². The summed E-state index contributed by atoms with van der Waals surface area (Å²) in [6.45, 7) is 3.33. The smallest absolute Gasteiger partial charge is 0.0963 e. The van der Waals surface area contributed by atoms with Crippen molar-refractivity contribution in [2.75, 3.05) is 13.1 Å². The molecule has 1 fully saturated rings. The van der Waals surface area contributed by atoms with Gasteiger partial charge in [0.15, 0.2) is 0 Å². The molecule has 1 saturated heterocycles. The average molecular weight is 141 g/mol. The van der Waals surface area contributed by atoms with Gasteiger partial charge in [0.05, 0.1) is 11.9 Å². The maximum Gasteiger partial charge on any atom is 0.0963 e. The summed E-state index contributed by atoms with van der Waals surface area (Å²) in [7, 11) is 0. The van der Waals surface area contributed by atoms with E-state index < -0.39 is 0 Å². The van der Waals surface area contributed by atoms with Gasteiger partial charge in [-0.1, -0.05) is 0 Å². The Labute approximate surface area is 61.2 Å². The highest BCUT2D eigenvalue weighted by molar-refractivity contribution is 5.76. The fourth-order valence-corrected chi connectivity index (χ4v) is 1.19. The molecule has 0 spiro atoms. The Morgan fingerprint density at radius 3 is 2.40 bits per heavy atom. The van der Waals surface area contributed by atoms with Crippen LogP contribution in [0.3, 0.4) is 0 Å². The highest BCUT2D eigenvalue weighted by atomic mass is 16.3. The van der Waals surface area contributed by atoms with Crippen LogP contribution < -0.4 is 0 Å². The Balaban J connectivity index is 2.33. The van der Waals surface area contributed by atoms with Crippen molar-refractivity contribution in [2.45, 2.75) is 25.9 Å². The van der Waals surface area contributed by atoms with E-state index in [1.54, 1.807) is 6.92 Å². The Hall–Kier alpha value is -0.570. The molecule has 0 aliphatic carbocycles. The van der Waals surface area contributed by atoms with Crippen LogP contribution in [0.4, 0.5) is 0 Å². The third-order valence-corrected chi connectivity index (χ3v) is 1.92. The topological polar surface area (TPSA) is 47.0 Å². The first-order valence-electron chi connectivity index (χ1n) is 3.66. The first-order chi connectivity index (χ1) is 4.70. The van der Waals surface area contributed by atoms with Crippen LogP contribution in [0.15, 0.2) is 0 Å². The Bertz CT molecular complexity index is 128. The monoisotopic (exact) mass is 141 g/mol. The fourth-order valence-electron chi connectivity index (χ4n) is 1.19. The molecule has 0 aromatic rings. The van der Waals surface area contributed by atoms with Gasteiger partial charge in [-0.15, -0.1) is 0 Å². The molecule has 1 heterocycles. The molecule has 0 unspecified atom stereocenters. The van der Waals surface area contributed by atoms with Crippen LogP contribution in [0.1, 0.15) is 19.8 Å². The molecule has 57 valence electrons. The maximum atomic E-state index is 10.8. The second-order valence-electron chi connectivity index (χ2n) is 2.77. The molecule has 0 bridgehead atoms. The maximum absolute atomic E-state index is 10.8. The number of piperidine rings is 1. The highest BCUT2D eigenvalue weighted by Gasteiger charge is 2.17. The lowest BCUT2D eigenvalue weighted by molar-refractivity contribution is 0.0435. The summed E-state index contributed by atoms with van der Waals surface area (Å²) in [5, 5.41) is 18.1. The second-order valence-corrected chi connectivity index (χ2v) is 2.77. The zero-order chi connectivity index (χ0) is 7.56. The van der Waals surface area contributed by atoms with E-state index in [4.69, 9.17) is 5.41 Å². The van der Waals surface area contributed by atoms with Gasteiger partial charge < -0.3 is 4.90 Å². The van der Waals surface area contributed by atoms with Crippen molar-refractivity contribution >= 4 is 5.84 Å². The molecule has 0 saturated carbocycles. The van der Waals surface area contributed by atoms with Crippen LogP contribution in [-0.2, 0) is 5.11 Å². The normalized spacial score (nSPS) is 21.2. The van der Waals surface area contributed by atoms with Crippen molar-refractivity contribution in [1.29, 1.82) is 5.41 Å². The molecule has 0 aromatic carbocycles. The minimum Gasteiger partial charge on any atom is -0.361 e. The van der Waals surface area contributed by atoms with Crippen LogP contribution >= 0.6 is 0 Å². The Morgan fingerprint density at radius 2 is 2.00 bits per heavy atom. The lowest BCUT2D eigenvalue weighted by Gasteiger charge is -2.29. The summed E-state index contributed by atoms with van der Waals surface area (Å²) in [6, 6.07) is 0. The van der Waals surface area contributed by atoms with Gasteiger partial charge >= 0.3 is 0 Å². The quantitative estimate of drug-likeness (QED) is 0.395. The van der Waals surface area contributed by atoms with Gasteiger partial charge in [-0.3, -0.25) is 5.41 Å². The van der Waals surface area contributed by atoms with Crippen molar-refractivity contribution in [3.8, 4) is 0 Å². The number of hydrogen-bond acceptors (Lipinski definition) is 1. The highest BCUT2D eigenvalue weighted by Crippen LogP contribution is 2.09. The molecule has 1 aliphatic rings. The van der Waals surface area contributed by atoms with Crippen molar-refractivity contribution in [1.82, 2.24) is 4.90 Å². The van der Waals surface area contributed by atoms with Crippen molar-refractivity contribution in [3.05, 3.63) is 0 Å². The van der Waals surface area contributed by atoms with Gasteiger partial charge in [-0.2, -0.15) is 0 Å². The number of nitrogens with one attached hydrogen (secondary N) is 1. The number of rotatable bonds is 0. The molecule has 0 aromatic heterocycles. The Kier molecular flexibility index (Phi) is 2.27. The van der Waals surface area contributed by atoms with Crippen molar-refractivity contribution in [3.63, 3.8) is 0 Å². The fraction of sp³-hybridized carbons (Fsp3) is 0.857. The summed E-state index contributed by atoms with van der Waals surface area (Å²) in [6.07, 6.45) is 1.03.